The van der Waals surface area contributed by atoms with Crippen molar-refractivity contribution < 1.29 is 13.2 Å². The van der Waals surface area contributed by atoms with E-state index >= 15 is 0 Å². The Bertz CT molecular complexity index is 1490. The molecule has 1 amide bonds. The maximum atomic E-state index is 12.9. The van der Waals surface area contributed by atoms with E-state index in [0.717, 1.165) is 42.9 Å². The number of amides is 1. The second kappa shape index (κ2) is 9.12. The highest BCUT2D eigenvalue weighted by molar-refractivity contribution is 7.90. The Morgan fingerprint density at radius 1 is 1.00 bits per heavy atom. The van der Waals surface area contributed by atoms with Gasteiger partial charge in [0.25, 0.3) is 5.91 Å². The van der Waals surface area contributed by atoms with Gasteiger partial charge in [0.2, 0.25) is 5.95 Å². The number of carbonyl (C=O) groups excluding carboxylic acids is 1. The predicted octanol–water partition coefficient (Wildman–Crippen LogP) is 2.96. The standard InChI is InChI=1S/C25H26N6O3S/c1-29-12-14-30(15-13-29)24(32)18-4-3-5-20(16-18)27-25-26-17-19-10-11-31(23(19)28-25)21-6-8-22(9-7-21)35(2,33)34/h3-11,16-17H,12-15H2,1-2H3,(H,26,27,28). The molecule has 0 spiro atoms. The molecule has 1 N–H and O–H groups in total. The first kappa shape index (κ1) is 23.0. The molecule has 0 radical (unpaired) electrons. The normalized spacial score (nSPS) is 14.9. The largest absolute Gasteiger partial charge is 0.336 e. The molecular formula is C25H26N6O3S. The molecular weight excluding hydrogens is 464 g/mol. The van der Waals surface area contributed by atoms with Gasteiger partial charge in [-0.05, 0) is 55.6 Å². The molecule has 1 fully saturated rings. The Hall–Kier alpha value is -3.76. The number of nitrogens with zero attached hydrogens (tertiary/aromatic N) is 5. The van der Waals surface area contributed by atoms with Gasteiger partial charge >= 0.3 is 0 Å². The summed E-state index contributed by atoms with van der Waals surface area (Å²) < 4.78 is 25.4. The molecule has 5 rings (SSSR count). The molecule has 35 heavy (non-hydrogen) atoms. The van der Waals surface area contributed by atoms with Crippen LogP contribution in [-0.2, 0) is 9.84 Å². The summed E-state index contributed by atoms with van der Waals surface area (Å²) in [5.74, 6) is 0.416. The van der Waals surface area contributed by atoms with Crippen LogP contribution in [0.5, 0.6) is 0 Å². The third-order valence-electron chi connectivity index (χ3n) is 6.13. The Morgan fingerprint density at radius 2 is 1.74 bits per heavy atom. The van der Waals surface area contributed by atoms with E-state index in [-0.39, 0.29) is 10.8 Å². The van der Waals surface area contributed by atoms with Crippen molar-refractivity contribution in [2.75, 3.05) is 44.8 Å². The number of piperazine rings is 1. The summed E-state index contributed by atoms with van der Waals surface area (Å²) >= 11 is 0. The molecule has 0 aliphatic carbocycles. The highest BCUT2D eigenvalue weighted by Gasteiger charge is 2.20. The number of hydrogen-bond donors (Lipinski definition) is 1. The zero-order valence-corrected chi connectivity index (χ0v) is 20.4. The zero-order valence-electron chi connectivity index (χ0n) is 19.5. The Labute approximate surface area is 203 Å². The summed E-state index contributed by atoms with van der Waals surface area (Å²) in [7, 11) is -1.21. The second-order valence-corrected chi connectivity index (χ2v) is 10.7. The van der Waals surface area contributed by atoms with E-state index in [1.807, 2.05) is 46.0 Å². The van der Waals surface area contributed by atoms with Crippen molar-refractivity contribution in [2.45, 2.75) is 4.90 Å². The number of aromatic nitrogens is 3. The summed E-state index contributed by atoms with van der Waals surface area (Å²) in [5, 5.41) is 4.05. The number of fused-ring (bicyclic) bond motifs is 1. The van der Waals surface area contributed by atoms with Crippen LogP contribution in [0.25, 0.3) is 16.7 Å². The molecule has 0 unspecified atom stereocenters. The minimum atomic E-state index is -3.27. The van der Waals surface area contributed by atoms with Crippen LogP contribution < -0.4 is 5.32 Å². The molecule has 4 aromatic rings. The van der Waals surface area contributed by atoms with Crippen LogP contribution in [-0.4, -0.2) is 78.1 Å². The third-order valence-corrected chi connectivity index (χ3v) is 7.25. The second-order valence-electron chi connectivity index (χ2n) is 8.73. The minimum Gasteiger partial charge on any atom is -0.336 e. The van der Waals surface area contributed by atoms with Crippen molar-refractivity contribution in [3.8, 4) is 5.69 Å². The quantitative estimate of drug-likeness (QED) is 0.459. The van der Waals surface area contributed by atoms with Crippen molar-refractivity contribution in [3.05, 3.63) is 72.6 Å². The lowest BCUT2D eigenvalue weighted by atomic mass is 10.1. The van der Waals surface area contributed by atoms with Crippen molar-refractivity contribution in [3.63, 3.8) is 0 Å². The van der Waals surface area contributed by atoms with Crippen molar-refractivity contribution >= 4 is 38.4 Å². The molecule has 3 heterocycles. The summed E-state index contributed by atoms with van der Waals surface area (Å²) in [6.07, 6.45) is 4.78. The van der Waals surface area contributed by atoms with Gasteiger partial charge in [0.1, 0.15) is 5.65 Å². The van der Waals surface area contributed by atoms with E-state index in [9.17, 15) is 13.2 Å². The summed E-state index contributed by atoms with van der Waals surface area (Å²) in [4.78, 5) is 26.4. The van der Waals surface area contributed by atoms with Gasteiger partial charge < -0.3 is 19.7 Å². The van der Waals surface area contributed by atoms with Crippen molar-refractivity contribution in [2.24, 2.45) is 0 Å². The average Bonchev–Trinajstić information content (AvgIpc) is 3.27. The van der Waals surface area contributed by atoms with E-state index < -0.39 is 9.84 Å². The first-order valence-electron chi connectivity index (χ1n) is 11.3. The maximum absolute atomic E-state index is 12.9. The monoisotopic (exact) mass is 490 g/mol. The molecule has 2 aromatic carbocycles. The van der Waals surface area contributed by atoms with E-state index in [1.165, 1.54) is 6.26 Å². The number of sulfone groups is 1. The molecule has 0 saturated carbocycles. The van der Waals surface area contributed by atoms with E-state index in [2.05, 4.69) is 27.2 Å². The average molecular weight is 491 g/mol. The Kier molecular flexibility index (Phi) is 6.00. The van der Waals surface area contributed by atoms with E-state index in [1.54, 1.807) is 30.5 Å². The lowest BCUT2D eigenvalue weighted by Gasteiger charge is -2.32. The number of benzene rings is 2. The summed E-state index contributed by atoms with van der Waals surface area (Å²) in [5.41, 5.74) is 2.81. The summed E-state index contributed by atoms with van der Waals surface area (Å²) in [6, 6.07) is 15.9. The SMILES string of the molecule is CN1CCN(C(=O)c2cccc(Nc3ncc4ccn(-c5ccc(S(C)(=O)=O)cc5)c4n3)c2)CC1. The molecule has 0 atom stereocenters. The van der Waals surface area contributed by atoms with Gasteiger partial charge in [-0.25, -0.2) is 13.4 Å². The van der Waals surface area contributed by atoms with Crippen LogP contribution in [0.3, 0.4) is 0 Å². The maximum Gasteiger partial charge on any atom is 0.254 e. The molecule has 1 saturated heterocycles. The zero-order chi connectivity index (χ0) is 24.6. The Balaban J connectivity index is 1.39. The fourth-order valence-electron chi connectivity index (χ4n) is 4.09. The minimum absolute atomic E-state index is 0.0181. The molecule has 2 aromatic heterocycles. The molecule has 1 aliphatic heterocycles. The molecule has 1 aliphatic rings. The van der Waals surface area contributed by atoms with Gasteiger partial charge in [-0.1, -0.05) is 6.07 Å². The van der Waals surface area contributed by atoms with Crippen LogP contribution in [0.15, 0.2) is 71.9 Å². The molecule has 10 heteroatoms. The van der Waals surface area contributed by atoms with Crippen LogP contribution in [0.2, 0.25) is 0 Å². The van der Waals surface area contributed by atoms with Crippen LogP contribution in [0.4, 0.5) is 11.6 Å². The number of hydrogen-bond acceptors (Lipinski definition) is 7. The van der Waals surface area contributed by atoms with Gasteiger partial charge in [-0.15, -0.1) is 0 Å². The van der Waals surface area contributed by atoms with Crippen molar-refractivity contribution in [1.29, 1.82) is 0 Å². The summed E-state index contributed by atoms with van der Waals surface area (Å²) in [6.45, 7) is 3.17. The number of anilines is 2. The number of rotatable bonds is 5. The predicted molar refractivity (Wildman–Crippen MR) is 135 cm³/mol. The first-order chi connectivity index (χ1) is 16.8. The fraction of sp³-hybridized carbons (Fsp3) is 0.240. The number of likely N-dealkylation sites (N-methyl/N-ethyl adjacent to an activating group) is 1. The topological polar surface area (TPSA) is 100 Å². The number of nitrogens with one attached hydrogen (secondary N) is 1. The third kappa shape index (κ3) is 4.89. The lowest BCUT2D eigenvalue weighted by Crippen LogP contribution is -2.47. The Morgan fingerprint density at radius 3 is 2.46 bits per heavy atom. The fourth-order valence-corrected chi connectivity index (χ4v) is 4.72. The van der Waals surface area contributed by atoms with Gasteiger partial charge in [-0.3, -0.25) is 4.79 Å². The van der Waals surface area contributed by atoms with Gasteiger partial charge in [0.05, 0.1) is 4.90 Å². The first-order valence-corrected chi connectivity index (χ1v) is 13.2. The van der Waals surface area contributed by atoms with Gasteiger partial charge in [0.15, 0.2) is 9.84 Å². The highest BCUT2D eigenvalue weighted by Crippen LogP contribution is 2.23. The van der Waals surface area contributed by atoms with Crippen LogP contribution in [0.1, 0.15) is 10.4 Å². The van der Waals surface area contributed by atoms with Gasteiger partial charge in [-0.2, -0.15) is 4.98 Å². The smallest absolute Gasteiger partial charge is 0.254 e. The molecule has 9 nitrogen and oxygen atoms in total. The lowest BCUT2D eigenvalue weighted by molar-refractivity contribution is 0.0664. The molecule has 180 valence electrons. The van der Waals surface area contributed by atoms with E-state index in [4.69, 9.17) is 0 Å². The highest BCUT2D eigenvalue weighted by atomic mass is 32.2. The van der Waals surface area contributed by atoms with Crippen LogP contribution in [0, 0.1) is 0 Å². The van der Waals surface area contributed by atoms with Crippen LogP contribution >= 0.6 is 0 Å². The molecule has 0 bridgehead atoms. The van der Waals surface area contributed by atoms with E-state index in [0.29, 0.717) is 17.2 Å². The van der Waals surface area contributed by atoms with Gasteiger partial charge in [0, 0.05) is 67.2 Å². The van der Waals surface area contributed by atoms with Crippen molar-refractivity contribution in [1.82, 2.24) is 24.3 Å². The number of carbonyl (C=O) groups is 1.